The quantitative estimate of drug-likeness (QED) is 0.518. The van der Waals surface area contributed by atoms with Gasteiger partial charge in [-0.1, -0.05) is 30.3 Å². The molecule has 0 saturated carbocycles. The predicted molar refractivity (Wildman–Crippen MR) is 110 cm³/mol. The summed E-state index contributed by atoms with van der Waals surface area (Å²) in [6.45, 7) is 1.82. The first-order chi connectivity index (χ1) is 12.8. The third-order valence-electron chi connectivity index (χ3n) is 4.67. The third kappa shape index (κ3) is 7.91. The molecule has 0 aromatic heterocycles. The number of hydrogen-bond acceptors (Lipinski definition) is 4. The SMILES string of the molecule is C[C@H](NC(=O)C(CC(=O)O)Cc1ccccc1)C(=O)N1CCC[C@H]1C(=O)O.[LiH].[LiH]. The van der Waals surface area contributed by atoms with Crippen molar-refractivity contribution in [2.24, 2.45) is 5.92 Å². The molecule has 1 fully saturated rings. The van der Waals surface area contributed by atoms with E-state index in [9.17, 15) is 24.3 Å². The average Bonchev–Trinajstić information content (AvgIpc) is 3.11. The Hall–Kier alpha value is -1.71. The van der Waals surface area contributed by atoms with Crippen LogP contribution < -0.4 is 5.32 Å². The minimum atomic E-state index is -1.10. The van der Waals surface area contributed by atoms with Gasteiger partial charge in [-0.3, -0.25) is 14.4 Å². The first kappa shape index (κ1) is 27.3. The predicted octanol–water partition coefficient (Wildman–Crippen LogP) is -0.397. The van der Waals surface area contributed by atoms with E-state index in [0.29, 0.717) is 19.4 Å². The van der Waals surface area contributed by atoms with Gasteiger partial charge in [-0.25, -0.2) is 4.79 Å². The van der Waals surface area contributed by atoms with Gasteiger partial charge in [-0.05, 0) is 31.7 Å². The van der Waals surface area contributed by atoms with E-state index in [-0.39, 0.29) is 50.6 Å². The first-order valence-corrected chi connectivity index (χ1v) is 8.89. The number of nitrogens with one attached hydrogen (secondary N) is 1. The number of amides is 2. The molecule has 0 radical (unpaired) electrons. The molecule has 1 aromatic rings. The summed E-state index contributed by atoms with van der Waals surface area (Å²) < 4.78 is 0. The molecule has 0 bridgehead atoms. The van der Waals surface area contributed by atoms with Gasteiger partial charge < -0.3 is 20.4 Å². The van der Waals surface area contributed by atoms with Crippen molar-refractivity contribution in [2.75, 3.05) is 6.54 Å². The average molecular weight is 392 g/mol. The summed E-state index contributed by atoms with van der Waals surface area (Å²) in [5, 5.41) is 20.9. The standard InChI is InChI=1S/C19H24N2O6.2Li.2H/c1-12(18(25)21-9-5-8-15(21)19(26)27)20-17(24)14(11-16(22)23)10-13-6-3-2-4-7-13;;;;/h2-4,6-7,12,14-15H,5,8-11H2,1H3,(H,20,24)(H,22,23)(H,26,27);;;;/t12-,14?,15-;;;;/m0..../s1. The number of carbonyl (C=O) groups excluding carboxylic acids is 2. The maximum atomic E-state index is 12.6. The Morgan fingerprint density at radius 1 is 1.14 bits per heavy atom. The summed E-state index contributed by atoms with van der Waals surface area (Å²) in [6, 6.07) is 7.23. The van der Waals surface area contributed by atoms with Crippen molar-refractivity contribution in [3.8, 4) is 0 Å². The van der Waals surface area contributed by atoms with Crippen molar-refractivity contribution in [1.82, 2.24) is 10.2 Å². The van der Waals surface area contributed by atoms with Crippen LogP contribution in [0.4, 0.5) is 0 Å². The second-order valence-corrected chi connectivity index (χ2v) is 6.74. The zero-order valence-corrected chi connectivity index (χ0v) is 15.1. The van der Waals surface area contributed by atoms with Gasteiger partial charge in [0, 0.05) is 6.54 Å². The van der Waals surface area contributed by atoms with Gasteiger partial charge in [0.25, 0.3) is 0 Å². The number of aliphatic carboxylic acids is 2. The summed E-state index contributed by atoms with van der Waals surface area (Å²) in [7, 11) is 0. The normalized spacial score (nSPS) is 17.3. The fourth-order valence-corrected chi connectivity index (χ4v) is 3.30. The number of hydrogen-bond donors (Lipinski definition) is 3. The van der Waals surface area contributed by atoms with Gasteiger partial charge in [0.2, 0.25) is 11.8 Å². The minimum absolute atomic E-state index is 0. The number of carboxylic acids is 2. The van der Waals surface area contributed by atoms with Crippen molar-refractivity contribution >= 4 is 61.5 Å². The summed E-state index contributed by atoms with van der Waals surface area (Å²) in [5.41, 5.74) is 0.823. The Morgan fingerprint density at radius 3 is 2.31 bits per heavy atom. The molecule has 0 spiro atoms. The molecule has 1 aliphatic heterocycles. The van der Waals surface area contributed by atoms with Gasteiger partial charge in [0.05, 0.1) is 12.3 Å². The summed E-state index contributed by atoms with van der Waals surface area (Å²) in [4.78, 5) is 48.7. The fraction of sp³-hybridized carbons (Fsp3) is 0.474. The van der Waals surface area contributed by atoms with Crippen LogP contribution in [0.25, 0.3) is 0 Å². The molecule has 2 amide bonds. The molecule has 29 heavy (non-hydrogen) atoms. The molecule has 3 N–H and O–H groups in total. The number of nitrogens with zero attached hydrogens (tertiary/aromatic N) is 1. The maximum absolute atomic E-state index is 12.6. The third-order valence-corrected chi connectivity index (χ3v) is 4.67. The summed E-state index contributed by atoms with van der Waals surface area (Å²) >= 11 is 0. The van der Waals surface area contributed by atoms with E-state index < -0.39 is 41.8 Å². The Balaban J connectivity index is 0.00000392. The van der Waals surface area contributed by atoms with Crippen LogP contribution in [-0.4, -0.2) is 95.2 Å². The fourth-order valence-electron chi connectivity index (χ4n) is 3.30. The van der Waals surface area contributed by atoms with Crippen LogP contribution in [0.2, 0.25) is 0 Å². The molecule has 1 aromatic carbocycles. The molecule has 8 nitrogen and oxygen atoms in total. The van der Waals surface area contributed by atoms with Crippen molar-refractivity contribution < 1.29 is 29.4 Å². The van der Waals surface area contributed by atoms with Gasteiger partial charge in [-0.15, -0.1) is 0 Å². The van der Waals surface area contributed by atoms with Gasteiger partial charge >= 0.3 is 49.7 Å². The Bertz CT molecular complexity index is 716. The molecule has 0 aliphatic carbocycles. The van der Waals surface area contributed by atoms with Crippen LogP contribution in [0.5, 0.6) is 0 Å². The van der Waals surface area contributed by atoms with Gasteiger partial charge in [0.15, 0.2) is 0 Å². The zero-order chi connectivity index (χ0) is 20.0. The molecule has 1 aliphatic rings. The van der Waals surface area contributed by atoms with E-state index >= 15 is 0 Å². The van der Waals surface area contributed by atoms with Crippen molar-refractivity contribution in [3.05, 3.63) is 35.9 Å². The van der Waals surface area contributed by atoms with Gasteiger partial charge in [-0.2, -0.15) is 0 Å². The summed E-state index contributed by atoms with van der Waals surface area (Å²) in [5.74, 6) is -3.99. The molecule has 150 valence electrons. The molecule has 10 heteroatoms. The second kappa shape index (κ2) is 12.8. The van der Waals surface area contributed by atoms with Gasteiger partial charge in [0.1, 0.15) is 12.1 Å². The van der Waals surface area contributed by atoms with Crippen LogP contribution in [0.15, 0.2) is 30.3 Å². The molecule has 1 heterocycles. The monoisotopic (exact) mass is 392 g/mol. The van der Waals surface area contributed by atoms with Crippen molar-refractivity contribution in [1.29, 1.82) is 0 Å². The Morgan fingerprint density at radius 2 is 1.76 bits per heavy atom. The number of carboxylic acid groups (broad SMARTS) is 2. The van der Waals surface area contributed by atoms with E-state index in [4.69, 9.17) is 5.11 Å². The first-order valence-electron chi connectivity index (χ1n) is 8.89. The molecular weight excluding hydrogens is 366 g/mol. The van der Waals surface area contributed by atoms with Crippen LogP contribution in [0.1, 0.15) is 31.7 Å². The molecule has 1 saturated heterocycles. The van der Waals surface area contributed by atoms with Crippen molar-refractivity contribution in [3.63, 3.8) is 0 Å². The number of carbonyl (C=O) groups is 4. The van der Waals surface area contributed by atoms with Crippen LogP contribution in [0, 0.1) is 5.92 Å². The summed E-state index contributed by atoms with van der Waals surface area (Å²) in [6.07, 6.45) is 0.862. The Labute approximate surface area is 193 Å². The van der Waals surface area contributed by atoms with Crippen LogP contribution >= 0.6 is 0 Å². The molecular formula is C19H26Li2N2O6. The second-order valence-electron chi connectivity index (χ2n) is 6.74. The van der Waals surface area contributed by atoms with Crippen LogP contribution in [-0.2, 0) is 25.6 Å². The van der Waals surface area contributed by atoms with E-state index in [1.165, 1.54) is 11.8 Å². The number of likely N-dealkylation sites (tertiary alicyclic amines) is 1. The topological polar surface area (TPSA) is 124 Å². The van der Waals surface area contributed by atoms with E-state index in [1.807, 2.05) is 6.07 Å². The van der Waals surface area contributed by atoms with Crippen LogP contribution in [0.3, 0.4) is 0 Å². The Kier molecular flexibility index (Phi) is 12.0. The van der Waals surface area contributed by atoms with Crippen molar-refractivity contribution in [2.45, 2.75) is 44.7 Å². The molecule has 2 rings (SSSR count). The zero-order valence-electron chi connectivity index (χ0n) is 15.1. The van der Waals surface area contributed by atoms with E-state index in [1.54, 1.807) is 24.3 Å². The van der Waals surface area contributed by atoms with E-state index in [2.05, 4.69) is 5.32 Å². The molecule has 1 unspecified atom stereocenters. The van der Waals surface area contributed by atoms with E-state index in [0.717, 1.165) is 5.56 Å². The molecule has 3 atom stereocenters. The number of benzene rings is 1. The number of rotatable bonds is 8.